The van der Waals surface area contributed by atoms with E-state index >= 15 is 0 Å². The Kier molecular flexibility index (Phi) is 5.46. The first-order valence-electron chi connectivity index (χ1n) is 14.0. The van der Waals surface area contributed by atoms with Crippen molar-refractivity contribution in [3.05, 3.63) is 164 Å². The Bertz CT molecular complexity index is 2080. The molecule has 0 amide bonds. The molecule has 41 heavy (non-hydrogen) atoms. The standard InChI is InChI=1S/C38H27N3/c1-4-14-28(15-5-1)39(29-16-6-2-7-17-29)31-24-26-32(27-25-31)41-36-23-13-11-21-34(36)37-38(41)33-20-10-12-22-35(33)40(37)30-18-8-3-9-19-30/h1-27H. The highest BCUT2D eigenvalue weighted by atomic mass is 15.1. The quantitative estimate of drug-likeness (QED) is 0.218. The molecule has 0 saturated carbocycles. The van der Waals surface area contributed by atoms with Gasteiger partial charge in [0.15, 0.2) is 0 Å². The molecule has 2 aromatic heterocycles. The minimum Gasteiger partial charge on any atom is -0.311 e. The topological polar surface area (TPSA) is 13.1 Å². The molecule has 8 aromatic rings. The fourth-order valence-corrected chi connectivity index (χ4v) is 6.15. The number of rotatable bonds is 5. The second-order valence-electron chi connectivity index (χ2n) is 10.3. The molecule has 0 spiro atoms. The predicted molar refractivity (Wildman–Crippen MR) is 172 cm³/mol. The van der Waals surface area contributed by atoms with E-state index in [-0.39, 0.29) is 0 Å². The number of anilines is 3. The average molecular weight is 526 g/mol. The summed E-state index contributed by atoms with van der Waals surface area (Å²) in [5.41, 5.74) is 10.5. The van der Waals surface area contributed by atoms with Gasteiger partial charge in [-0.25, -0.2) is 0 Å². The Labute approximate surface area is 238 Å². The van der Waals surface area contributed by atoms with Crippen molar-refractivity contribution in [3.8, 4) is 11.4 Å². The first-order valence-corrected chi connectivity index (χ1v) is 14.0. The third kappa shape index (κ3) is 3.75. The maximum Gasteiger partial charge on any atom is 0.0803 e. The lowest BCUT2D eigenvalue weighted by Crippen LogP contribution is -2.09. The molecule has 3 nitrogen and oxygen atoms in total. The molecular formula is C38H27N3. The first-order chi connectivity index (χ1) is 20.4. The predicted octanol–water partition coefficient (Wildman–Crippen LogP) is 10.2. The van der Waals surface area contributed by atoms with Gasteiger partial charge in [-0.3, -0.25) is 0 Å². The second kappa shape index (κ2) is 9.58. The summed E-state index contributed by atoms with van der Waals surface area (Å²) in [6.45, 7) is 0. The molecule has 0 aliphatic heterocycles. The van der Waals surface area contributed by atoms with Gasteiger partial charge < -0.3 is 14.0 Å². The molecule has 194 valence electrons. The molecule has 0 radical (unpaired) electrons. The number of nitrogens with zero attached hydrogens (tertiary/aromatic N) is 3. The van der Waals surface area contributed by atoms with Gasteiger partial charge in [-0.1, -0.05) is 91.0 Å². The zero-order chi connectivity index (χ0) is 27.2. The van der Waals surface area contributed by atoms with E-state index in [2.05, 4.69) is 178 Å². The molecule has 0 saturated heterocycles. The van der Waals surface area contributed by atoms with E-state index in [1.165, 1.54) is 38.5 Å². The van der Waals surface area contributed by atoms with Crippen molar-refractivity contribution in [2.75, 3.05) is 4.90 Å². The van der Waals surface area contributed by atoms with Gasteiger partial charge in [-0.05, 0) is 72.8 Å². The van der Waals surface area contributed by atoms with Crippen LogP contribution in [0.1, 0.15) is 0 Å². The van der Waals surface area contributed by atoms with Crippen LogP contribution in [0, 0.1) is 0 Å². The number of fused-ring (bicyclic) bond motifs is 5. The van der Waals surface area contributed by atoms with Gasteiger partial charge in [-0.2, -0.15) is 0 Å². The van der Waals surface area contributed by atoms with Crippen molar-refractivity contribution in [2.24, 2.45) is 0 Å². The van der Waals surface area contributed by atoms with Crippen LogP contribution in [-0.2, 0) is 0 Å². The van der Waals surface area contributed by atoms with Crippen LogP contribution < -0.4 is 4.90 Å². The Morgan fingerprint density at radius 1 is 0.317 bits per heavy atom. The lowest BCUT2D eigenvalue weighted by molar-refractivity contribution is 1.17. The summed E-state index contributed by atoms with van der Waals surface area (Å²) < 4.78 is 4.83. The number of hydrogen-bond acceptors (Lipinski definition) is 1. The molecule has 0 atom stereocenters. The van der Waals surface area contributed by atoms with Crippen molar-refractivity contribution in [2.45, 2.75) is 0 Å². The van der Waals surface area contributed by atoms with Gasteiger partial charge in [0.1, 0.15) is 0 Å². The van der Waals surface area contributed by atoms with Crippen molar-refractivity contribution in [3.63, 3.8) is 0 Å². The van der Waals surface area contributed by atoms with E-state index in [1.807, 2.05) is 0 Å². The first kappa shape index (κ1) is 23.4. The minimum absolute atomic E-state index is 1.12. The number of hydrogen-bond donors (Lipinski definition) is 0. The van der Waals surface area contributed by atoms with Gasteiger partial charge in [0, 0.05) is 39.2 Å². The Balaban J connectivity index is 1.37. The maximum absolute atomic E-state index is 2.42. The molecule has 8 rings (SSSR count). The third-order valence-electron chi connectivity index (χ3n) is 7.88. The van der Waals surface area contributed by atoms with E-state index in [0.717, 1.165) is 22.7 Å². The second-order valence-corrected chi connectivity index (χ2v) is 10.3. The average Bonchev–Trinajstić information content (AvgIpc) is 3.56. The Hall–Kier alpha value is -5.54. The van der Waals surface area contributed by atoms with Crippen LogP contribution in [0.15, 0.2) is 164 Å². The highest BCUT2D eigenvalue weighted by Crippen LogP contribution is 2.41. The fraction of sp³-hybridized carbons (Fsp3) is 0. The van der Waals surface area contributed by atoms with Crippen LogP contribution in [-0.4, -0.2) is 9.13 Å². The van der Waals surface area contributed by atoms with Crippen molar-refractivity contribution in [1.82, 2.24) is 9.13 Å². The molecule has 0 N–H and O–H groups in total. The highest BCUT2D eigenvalue weighted by Gasteiger charge is 2.22. The molecule has 0 fully saturated rings. The number of para-hydroxylation sites is 5. The van der Waals surface area contributed by atoms with Crippen LogP contribution >= 0.6 is 0 Å². The highest BCUT2D eigenvalue weighted by molar-refractivity contribution is 6.19. The van der Waals surface area contributed by atoms with Gasteiger partial charge in [0.2, 0.25) is 0 Å². The molecule has 0 unspecified atom stereocenters. The SMILES string of the molecule is c1ccc(N(c2ccccc2)c2ccc(-n3c4ccccc4c4c3c3ccccc3n4-c3ccccc3)cc2)cc1. The molecule has 6 aromatic carbocycles. The van der Waals surface area contributed by atoms with Gasteiger partial charge in [0.25, 0.3) is 0 Å². The zero-order valence-corrected chi connectivity index (χ0v) is 22.4. The summed E-state index contributed by atoms with van der Waals surface area (Å²) in [6.07, 6.45) is 0. The molecule has 0 aliphatic carbocycles. The van der Waals surface area contributed by atoms with Crippen molar-refractivity contribution >= 4 is 49.9 Å². The van der Waals surface area contributed by atoms with Crippen LogP contribution in [0.25, 0.3) is 44.2 Å². The van der Waals surface area contributed by atoms with E-state index in [4.69, 9.17) is 0 Å². The lowest BCUT2D eigenvalue weighted by atomic mass is 10.1. The van der Waals surface area contributed by atoms with E-state index in [9.17, 15) is 0 Å². The Morgan fingerprint density at radius 3 is 1.17 bits per heavy atom. The van der Waals surface area contributed by atoms with Gasteiger partial charge in [-0.15, -0.1) is 0 Å². The monoisotopic (exact) mass is 525 g/mol. The Morgan fingerprint density at radius 2 is 0.683 bits per heavy atom. The molecular weight excluding hydrogens is 498 g/mol. The third-order valence-corrected chi connectivity index (χ3v) is 7.88. The molecule has 2 heterocycles. The normalized spacial score (nSPS) is 11.4. The van der Waals surface area contributed by atoms with Crippen LogP contribution in [0.5, 0.6) is 0 Å². The minimum atomic E-state index is 1.12. The van der Waals surface area contributed by atoms with Crippen LogP contribution in [0.3, 0.4) is 0 Å². The van der Waals surface area contributed by atoms with E-state index in [1.54, 1.807) is 0 Å². The summed E-state index contributed by atoms with van der Waals surface area (Å²) in [5.74, 6) is 0. The molecule has 0 aliphatic rings. The largest absolute Gasteiger partial charge is 0.311 e. The number of benzene rings is 6. The molecule has 3 heteroatoms. The van der Waals surface area contributed by atoms with E-state index < -0.39 is 0 Å². The van der Waals surface area contributed by atoms with Crippen molar-refractivity contribution in [1.29, 1.82) is 0 Å². The fourth-order valence-electron chi connectivity index (χ4n) is 6.15. The van der Waals surface area contributed by atoms with Crippen LogP contribution in [0.4, 0.5) is 17.1 Å². The summed E-state index contributed by atoms with van der Waals surface area (Å²) in [4.78, 5) is 2.30. The lowest BCUT2D eigenvalue weighted by Gasteiger charge is -2.25. The maximum atomic E-state index is 2.42. The summed E-state index contributed by atoms with van der Waals surface area (Å²) in [7, 11) is 0. The van der Waals surface area contributed by atoms with Gasteiger partial charge in [0.05, 0.1) is 22.1 Å². The van der Waals surface area contributed by atoms with Crippen LogP contribution in [0.2, 0.25) is 0 Å². The summed E-state index contributed by atoms with van der Waals surface area (Å²) in [6, 6.07) is 58.2. The summed E-state index contributed by atoms with van der Waals surface area (Å²) >= 11 is 0. The van der Waals surface area contributed by atoms with E-state index in [0.29, 0.717) is 0 Å². The molecule has 0 bridgehead atoms. The summed E-state index contributed by atoms with van der Waals surface area (Å²) in [5, 5.41) is 2.48. The number of aromatic nitrogens is 2. The zero-order valence-electron chi connectivity index (χ0n) is 22.4. The smallest absolute Gasteiger partial charge is 0.0803 e. The van der Waals surface area contributed by atoms with Gasteiger partial charge >= 0.3 is 0 Å². The van der Waals surface area contributed by atoms with Crippen molar-refractivity contribution < 1.29 is 0 Å².